The van der Waals surface area contributed by atoms with Gasteiger partial charge < -0.3 is 0 Å². The van der Waals surface area contributed by atoms with Crippen LogP contribution in [0.2, 0.25) is 0 Å². The van der Waals surface area contributed by atoms with Crippen LogP contribution in [0.4, 0.5) is 0 Å². The highest BCUT2D eigenvalue weighted by molar-refractivity contribution is 4.92. The van der Waals surface area contributed by atoms with Gasteiger partial charge in [0.2, 0.25) is 0 Å². The fourth-order valence-electron chi connectivity index (χ4n) is 2.54. The van der Waals surface area contributed by atoms with E-state index in [4.69, 9.17) is 0 Å². The second-order valence-corrected chi connectivity index (χ2v) is 6.41. The third kappa shape index (κ3) is 5.62. The number of hydrogen-bond donors (Lipinski definition) is 0. The van der Waals surface area contributed by atoms with Crippen LogP contribution in [-0.4, -0.2) is 0 Å². The fraction of sp³-hybridized carbons (Fsp3) is 1.00. The van der Waals surface area contributed by atoms with E-state index in [1.54, 1.807) is 0 Å². The lowest BCUT2D eigenvalue weighted by Crippen LogP contribution is -2.38. The monoisotopic (exact) mass is 170 g/mol. The highest BCUT2D eigenvalue weighted by Crippen LogP contribution is 2.53. The van der Waals surface area contributed by atoms with Gasteiger partial charge >= 0.3 is 0 Å². The Hall–Kier alpha value is 0. The highest BCUT2D eigenvalue weighted by Gasteiger charge is 2.41. The summed E-state index contributed by atoms with van der Waals surface area (Å²) in [6, 6.07) is 0. The molecule has 0 atom stereocenters. The lowest BCUT2D eigenvalue weighted by atomic mass is 9.56. The van der Waals surface area contributed by atoms with Crippen LogP contribution in [0.5, 0.6) is 0 Å². The second kappa shape index (κ2) is 3.81. The molecule has 0 bridgehead atoms. The maximum absolute atomic E-state index is 2.35. The summed E-state index contributed by atoms with van der Waals surface area (Å²) in [6.45, 7) is 15.9. The third-order valence-corrected chi connectivity index (χ3v) is 1.91. The number of rotatable bonds is 0. The Morgan fingerprint density at radius 2 is 0.917 bits per heavy atom. The van der Waals surface area contributed by atoms with Crippen LogP contribution in [-0.2, 0) is 0 Å². The van der Waals surface area contributed by atoms with Gasteiger partial charge in [-0.3, -0.25) is 0 Å². The molecule has 0 amide bonds. The third-order valence-electron chi connectivity index (χ3n) is 1.91. The average Bonchev–Trinajstić information content (AvgIpc) is 1.51. The Kier molecular flexibility index (Phi) is 3.81. The predicted molar refractivity (Wildman–Crippen MR) is 57.3 cm³/mol. The first-order valence-electron chi connectivity index (χ1n) is 5.15. The van der Waals surface area contributed by atoms with Crippen molar-refractivity contribution in [2.45, 2.75) is 61.3 Å². The van der Waals surface area contributed by atoms with E-state index in [0.717, 1.165) is 5.92 Å². The zero-order valence-corrected chi connectivity index (χ0v) is 9.99. The van der Waals surface area contributed by atoms with Crippen molar-refractivity contribution in [3.63, 3.8) is 0 Å². The van der Waals surface area contributed by atoms with Crippen molar-refractivity contribution in [1.82, 2.24) is 0 Å². The van der Waals surface area contributed by atoms with Crippen molar-refractivity contribution in [2.24, 2.45) is 16.7 Å². The summed E-state index contributed by atoms with van der Waals surface area (Å²) < 4.78 is 0. The maximum Gasteiger partial charge on any atom is -0.0344 e. The van der Waals surface area contributed by atoms with Crippen molar-refractivity contribution in [1.29, 1.82) is 0 Å². The molecule has 1 rings (SSSR count). The molecule has 0 aliphatic heterocycles. The quantitative estimate of drug-likeness (QED) is 0.502. The Morgan fingerprint density at radius 1 is 0.750 bits per heavy atom. The molecule has 1 aliphatic rings. The second-order valence-electron chi connectivity index (χ2n) is 6.41. The van der Waals surface area contributed by atoms with Gasteiger partial charge in [0, 0.05) is 0 Å². The smallest absolute Gasteiger partial charge is 0.0344 e. The van der Waals surface area contributed by atoms with Crippen LogP contribution >= 0.6 is 0 Å². The Balaban J connectivity index is 0.000000261. The average molecular weight is 170 g/mol. The zero-order chi connectivity index (χ0) is 9.99. The largest absolute Gasteiger partial charge is 0.0630 e. The molecule has 0 saturated heterocycles. The molecule has 0 unspecified atom stereocenters. The Morgan fingerprint density at radius 3 is 0.917 bits per heavy atom. The Bertz CT molecular complexity index is 104. The van der Waals surface area contributed by atoms with Crippen molar-refractivity contribution >= 4 is 0 Å². The first-order valence-corrected chi connectivity index (χ1v) is 5.15. The van der Waals surface area contributed by atoms with Gasteiger partial charge in [-0.15, -0.1) is 0 Å². The first kappa shape index (κ1) is 12.0. The van der Waals surface area contributed by atoms with E-state index in [9.17, 15) is 0 Å². The molecule has 0 heterocycles. The summed E-state index contributed by atoms with van der Waals surface area (Å²) in [5.74, 6) is 0.833. The molecule has 0 heteroatoms. The summed E-state index contributed by atoms with van der Waals surface area (Å²) in [4.78, 5) is 0. The molecule has 0 aromatic heterocycles. The van der Waals surface area contributed by atoms with E-state index in [-0.39, 0.29) is 0 Å². The molecule has 0 aromatic carbocycles. The molecule has 0 N–H and O–H groups in total. The van der Waals surface area contributed by atoms with Crippen molar-refractivity contribution in [2.75, 3.05) is 0 Å². The van der Waals surface area contributed by atoms with E-state index in [2.05, 4.69) is 48.5 Å². The van der Waals surface area contributed by atoms with E-state index in [1.165, 1.54) is 12.8 Å². The van der Waals surface area contributed by atoms with Gasteiger partial charge in [0.25, 0.3) is 0 Å². The molecule has 1 saturated carbocycles. The van der Waals surface area contributed by atoms with E-state index in [0.29, 0.717) is 10.8 Å². The van der Waals surface area contributed by atoms with Crippen molar-refractivity contribution in [3.8, 4) is 0 Å². The van der Waals surface area contributed by atoms with E-state index >= 15 is 0 Å². The molecular formula is C12H26. The van der Waals surface area contributed by atoms with Crippen LogP contribution in [0, 0.1) is 16.7 Å². The van der Waals surface area contributed by atoms with Crippen molar-refractivity contribution in [3.05, 3.63) is 0 Å². The van der Waals surface area contributed by atoms with Gasteiger partial charge in [-0.05, 0) is 29.6 Å². The molecule has 0 radical (unpaired) electrons. The standard InChI is InChI=1S/C8H16.C4H10/c1-7(2)5-8(3,4)6-7;1-4(2)3/h5-6H2,1-4H3;4H,1-3H3. The van der Waals surface area contributed by atoms with Crippen molar-refractivity contribution < 1.29 is 0 Å². The highest BCUT2D eigenvalue weighted by atomic mass is 14.5. The zero-order valence-electron chi connectivity index (χ0n) is 9.99. The minimum absolute atomic E-state index is 0.656. The van der Waals surface area contributed by atoms with Gasteiger partial charge in [0.05, 0.1) is 0 Å². The van der Waals surface area contributed by atoms with E-state index in [1.807, 2.05) is 0 Å². The summed E-state index contributed by atoms with van der Waals surface area (Å²) in [7, 11) is 0. The van der Waals surface area contributed by atoms with Gasteiger partial charge in [-0.2, -0.15) is 0 Å². The molecule has 12 heavy (non-hydrogen) atoms. The summed E-state index contributed by atoms with van der Waals surface area (Å²) in [5, 5.41) is 0. The summed E-state index contributed by atoms with van der Waals surface area (Å²) in [6.07, 6.45) is 2.81. The molecule has 74 valence electrons. The topological polar surface area (TPSA) is 0 Å². The van der Waals surface area contributed by atoms with Crippen LogP contribution in [0.3, 0.4) is 0 Å². The maximum atomic E-state index is 2.35. The molecule has 0 nitrogen and oxygen atoms in total. The molecule has 1 fully saturated rings. The molecule has 1 aliphatic carbocycles. The van der Waals surface area contributed by atoms with E-state index < -0.39 is 0 Å². The van der Waals surface area contributed by atoms with Gasteiger partial charge in [-0.25, -0.2) is 0 Å². The lowest BCUT2D eigenvalue weighted by Gasteiger charge is -2.49. The summed E-state index contributed by atoms with van der Waals surface area (Å²) in [5.41, 5.74) is 1.31. The SMILES string of the molecule is CC(C)C.CC1(C)CC(C)(C)C1. The fourth-order valence-corrected chi connectivity index (χ4v) is 2.54. The van der Waals surface area contributed by atoms with Crippen LogP contribution in [0.25, 0.3) is 0 Å². The molecule has 0 spiro atoms. The van der Waals surface area contributed by atoms with Crippen LogP contribution in [0.1, 0.15) is 61.3 Å². The van der Waals surface area contributed by atoms with Gasteiger partial charge in [0.15, 0.2) is 0 Å². The normalized spacial score (nSPS) is 24.0. The minimum atomic E-state index is 0.656. The molecule has 0 aromatic rings. The Labute approximate surface area is 78.8 Å². The van der Waals surface area contributed by atoms with Gasteiger partial charge in [0.1, 0.15) is 0 Å². The van der Waals surface area contributed by atoms with Crippen LogP contribution in [0.15, 0.2) is 0 Å². The summed E-state index contributed by atoms with van der Waals surface area (Å²) >= 11 is 0. The minimum Gasteiger partial charge on any atom is -0.0630 e. The predicted octanol–water partition coefficient (Wildman–Crippen LogP) is 4.49. The molecular weight excluding hydrogens is 144 g/mol. The van der Waals surface area contributed by atoms with Crippen LogP contribution < -0.4 is 0 Å². The van der Waals surface area contributed by atoms with Gasteiger partial charge in [-0.1, -0.05) is 48.5 Å². The number of hydrogen-bond acceptors (Lipinski definition) is 0. The first-order chi connectivity index (χ1) is 5.15. The lowest BCUT2D eigenvalue weighted by molar-refractivity contribution is 0.0201.